The highest BCUT2D eigenvalue weighted by Crippen LogP contribution is 2.19. The minimum Gasteiger partial charge on any atom is -0.443 e. The van der Waals surface area contributed by atoms with Gasteiger partial charge in [0.25, 0.3) is 5.91 Å². The molecule has 1 fully saturated rings. The second-order valence-corrected chi connectivity index (χ2v) is 7.12. The van der Waals surface area contributed by atoms with Crippen LogP contribution in [0.25, 0.3) is 0 Å². The molecule has 0 aromatic carbocycles. The van der Waals surface area contributed by atoms with Gasteiger partial charge < -0.3 is 14.4 Å². The van der Waals surface area contributed by atoms with Crippen LogP contribution < -0.4 is 0 Å². The molecule has 0 saturated carbocycles. The van der Waals surface area contributed by atoms with Crippen LogP contribution >= 0.6 is 0 Å². The summed E-state index contributed by atoms with van der Waals surface area (Å²) < 4.78 is 5.55. The molecule has 2 heterocycles. The number of amides is 1. The number of nitrogens with zero attached hydrogens (tertiary/aromatic N) is 2. The van der Waals surface area contributed by atoms with E-state index in [1.165, 1.54) is 0 Å². The molecule has 0 bridgehead atoms. The zero-order valence-electron chi connectivity index (χ0n) is 15.3. The number of aliphatic hydroxyl groups is 1. The molecule has 0 aliphatic carbocycles. The third kappa shape index (κ3) is 4.62. The first kappa shape index (κ1) is 18.6. The van der Waals surface area contributed by atoms with Gasteiger partial charge in [-0.15, -0.1) is 0 Å². The predicted molar refractivity (Wildman–Crippen MR) is 93.7 cm³/mol. The molecule has 0 spiro atoms. The van der Waals surface area contributed by atoms with Crippen molar-refractivity contribution in [2.24, 2.45) is 0 Å². The highest BCUT2D eigenvalue weighted by Gasteiger charge is 2.31. The average Bonchev–Trinajstić information content (AvgIpc) is 2.99. The first-order chi connectivity index (χ1) is 11.2. The SMILES string of the molecule is CC[C@H]1CN(C(=O)c2ccc(C#CC(C)(C)O)o2)CCN1C(C)C. The van der Waals surface area contributed by atoms with Crippen LogP contribution in [0.3, 0.4) is 0 Å². The smallest absolute Gasteiger partial charge is 0.289 e. The largest absolute Gasteiger partial charge is 0.443 e. The van der Waals surface area contributed by atoms with Crippen LogP contribution in [0.4, 0.5) is 0 Å². The van der Waals surface area contributed by atoms with Gasteiger partial charge in [-0.2, -0.15) is 0 Å². The van der Waals surface area contributed by atoms with Crippen LogP contribution in [-0.4, -0.2) is 58.1 Å². The van der Waals surface area contributed by atoms with Gasteiger partial charge in [0.15, 0.2) is 11.5 Å². The van der Waals surface area contributed by atoms with E-state index in [2.05, 4.69) is 37.5 Å². The fourth-order valence-electron chi connectivity index (χ4n) is 2.99. The van der Waals surface area contributed by atoms with Crippen LogP contribution in [-0.2, 0) is 0 Å². The molecule has 0 unspecified atom stereocenters. The summed E-state index contributed by atoms with van der Waals surface area (Å²) in [5.74, 6) is 6.06. The second kappa shape index (κ2) is 7.42. The van der Waals surface area contributed by atoms with Crippen molar-refractivity contribution in [2.45, 2.75) is 58.7 Å². The Balaban J connectivity index is 2.07. The molecule has 1 amide bonds. The summed E-state index contributed by atoms with van der Waals surface area (Å²) >= 11 is 0. The Kier molecular flexibility index (Phi) is 5.74. The van der Waals surface area contributed by atoms with Crippen LogP contribution in [0.2, 0.25) is 0 Å². The lowest BCUT2D eigenvalue weighted by Crippen LogP contribution is -2.56. The first-order valence-electron chi connectivity index (χ1n) is 8.61. The Bertz CT molecular complexity index is 631. The standard InChI is InChI=1S/C19H28N2O3/c1-6-15-13-20(11-12-21(15)14(2)3)18(22)17-8-7-16(24-17)9-10-19(4,5)23/h7-8,14-15,23H,6,11-13H2,1-5H3/t15-/m0/s1. The Hall–Kier alpha value is -1.77. The van der Waals surface area contributed by atoms with Crippen molar-refractivity contribution in [1.29, 1.82) is 0 Å². The maximum atomic E-state index is 12.7. The molecule has 1 atom stereocenters. The third-order valence-corrected chi connectivity index (χ3v) is 4.26. The third-order valence-electron chi connectivity index (χ3n) is 4.26. The van der Waals surface area contributed by atoms with Crippen molar-refractivity contribution in [3.63, 3.8) is 0 Å². The first-order valence-corrected chi connectivity index (χ1v) is 8.61. The molecule has 5 nitrogen and oxygen atoms in total. The Morgan fingerprint density at radius 1 is 1.42 bits per heavy atom. The summed E-state index contributed by atoms with van der Waals surface area (Å²) in [6.07, 6.45) is 1.02. The molecule has 1 N–H and O–H groups in total. The van der Waals surface area contributed by atoms with E-state index in [0.717, 1.165) is 19.5 Å². The van der Waals surface area contributed by atoms with Gasteiger partial charge >= 0.3 is 0 Å². The Morgan fingerprint density at radius 3 is 2.71 bits per heavy atom. The van der Waals surface area contributed by atoms with Gasteiger partial charge in [0, 0.05) is 31.7 Å². The maximum Gasteiger partial charge on any atom is 0.289 e. The average molecular weight is 332 g/mol. The molecule has 0 radical (unpaired) electrons. The van der Waals surface area contributed by atoms with E-state index < -0.39 is 5.60 Å². The summed E-state index contributed by atoms with van der Waals surface area (Å²) in [6.45, 7) is 12.1. The number of rotatable bonds is 3. The molecular weight excluding hydrogens is 304 g/mol. The maximum absolute atomic E-state index is 12.7. The summed E-state index contributed by atoms with van der Waals surface area (Å²) in [6, 6.07) is 4.20. The molecule has 1 aromatic heterocycles. The zero-order chi connectivity index (χ0) is 17.9. The fourth-order valence-corrected chi connectivity index (χ4v) is 2.99. The topological polar surface area (TPSA) is 56.9 Å². The molecule has 1 aromatic rings. The van der Waals surface area contributed by atoms with Crippen LogP contribution in [0.1, 0.15) is 57.4 Å². The molecule has 24 heavy (non-hydrogen) atoms. The minimum atomic E-state index is -1.08. The summed E-state index contributed by atoms with van der Waals surface area (Å²) in [4.78, 5) is 17.0. The van der Waals surface area contributed by atoms with Crippen molar-refractivity contribution in [3.8, 4) is 11.8 Å². The Morgan fingerprint density at radius 2 is 2.12 bits per heavy atom. The Labute approximate surface area is 144 Å². The van der Waals surface area contributed by atoms with Crippen LogP contribution in [0, 0.1) is 11.8 Å². The highest BCUT2D eigenvalue weighted by molar-refractivity contribution is 5.91. The van der Waals surface area contributed by atoms with E-state index >= 15 is 0 Å². The van der Waals surface area contributed by atoms with Gasteiger partial charge in [-0.25, -0.2) is 0 Å². The minimum absolute atomic E-state index is 0.0897. The summed E-state index contributed by atoms with van der Waals surface area (Å²) in [5, 5.41) is 9.63. The van der Waals surface area contributed by atoms with Gasteiger partial charge in [-0.1, -0.05) is 12.8 Å². The predicted octanol–water partition coefficient (Wildman–Crippen LogP) is 2.35. The van der Waals surface area contributed by atoms with E-state index in [4.69, 9.17) is 4.42 Å². The van der Waals surface area contributed by atoms with Crippen molar-refractivity contribution < 1.29 is 14.3 Å². The van der Waals surface area contributed by atoms with Gasteiger partial charge in [-0.05, 0) is 52.2 Å². The van der Waals surface area contributed by atoms with Crippen molar-refractivity contribution in [3.05, 3.63) is 23.7 Å². The number of furan rings is 1. The molecule has 1 aliphatic heterocycles. The summed E-state index contributed by atoms with van der Waals surface area (Å²) in [5.41, 5.74) is -1.08. The number of carbonyl (C=O) groups is 1. The van der Waals surface area contributed by atoms with E-state index in [0.29, 0.717) is 30.1 Å². The van der Waals surface area contributed by atoms with E-state index in [9.17, 15) is 9.90 Å². The van der Waals surface area contributed by atoms with Crippen LogP contribution in [0.15, 0.2) is 16.5 Å². The van der Waals surface area contributed by atoms with Crippen molar-refractivity contribution in [2.75, 3.05) is 19.6 Å². The summed E-state index contributed by atoms with van der Waals surface area (Å²) in [7, 11) is 0. The molecule has 132 valence electrons. The molecule has 2 rings (SSSR count). The van der Waals surface area contributed by atoms with Crippen molar-refractivity contribution in [1.82, 2.24) is 9.80 Å². The van der Waals surface area contributed by atoms with Gasteiger partial charge in [0.05, 0.1) is 0 Å². The van der Waals surface area contributed by atoms with E-state index in [1.807, 2.05) is 4.90 Å². The molecule has 5 heteroatoms. The van der Waals surface area contributed by atoms with Crippen molar-refractivity contribution >= 4 is 5.91 Å². The fraction of sp³-hybridized carbons (Fsp3) is 0.632. The lowest BCUT2D eigenvalue weighted by atomic mass is 10.1. The monoisotopic (exact) mass is 332 g/mol. The van der Waals surface area contributed by atoms with Gasteiger partial charge in [-0.3, -0.25) is 9.69 Å². The van der Waals surface area contributed by atoms with Crippen LogP contribution in [0.5, 0.6) is 0 Å². The molecule has 1 saturated heterocycles. The lowest BCUT2D eigenvalue weighted by Gasteiger charge is -2.43. The van der Waals surface area contributed by atoms with E-state index in [1.54, 1.807) is 26.0 Å². The quantitative estimate of drug-likeness (QED) is 0.863. The number of hydrogen-bond donors (Lipinski definition) is 1. The number of carbonyl (C=O) groups excluding carboxylic acids is 1. The molecule has 1 aliphatic rings. The van der Waals surface area contributed by atoms with Gasteiger partial charge in [0.1, 0.15) is 5.60 Å². The van der Waals surface area contributed by atoms with E-state index in [-0.39, 0.29) is 5.91 Å². The zero-order valence-corrected chi connectivity index (χ0v) is 15.3. The highest BCUT2D eigenvalue weighted by atomic mass is 16.4. The molecular formula is C19H28N2O3. The normalized spacial score (nSPS) is 19.3. The number of piperazine rings is 1. The number of hydrogen-bond acceptors (Lipinski definition) is 4. The second-order valence-electron chi connectivity index (χ2n) is 7.12. The van der Waals surface area contributed by atoms with Gasteiger partial charge in [0.2, 0.25) is 0 Å². The lowest BCUT2D eigenvalue weighted by molar-refractivity contribution is 0.0349.